The first-order valence-electron chi connectivity index (χ1n) is 8.20. The average molecular weight is 298 g/mol. The number of hydrogen-bond acceptors (Lipinski definition) is 3. The molecule has 3 atom stereocenters. The highest BCUT2D eigenvalue weighted by Crippen LogP contribution is 2.38. The molecular weight excluding hydrogens is 264 g/mol. The molecule has 21 heavy (non-hydrogen) atoms. The number of nitrogens with one attached hydrogen (secondary N) is 2. The van der Waals surface area contributed by atoms with Crippen LogP contribution in [-0.4, -0.2) is 30.3 Å². The Morgan fingerprint density at radius 1 is 1.33 bits per heavy atom. The van der Waals surface area contributed by atoms with Gasteiger partial charge in [0.2, 0.25) is 0 Å². The van der Waals surface area contributed by atoms with Crippen molar-refractivity contribution in [2.75, 3.05) is 6.54 Å². The largest absolute Gasteiger partial charge is 0.444 e. The summed E-state index contributed by atoms with van der Waals surface area (Å²) < 4.78 is 5.27. The average Bonchev–Trinajstić information content (AvgIpc) is 2.20. The summed E-state index contributed by atoms with van der Waals surface area (Å²) in [6, 6.07) is 0.617. The Morgan fingerprint density at radius 3 is 2.48 bits per heavy atom. The lowest BCUT2D eigenvalue weighted by Crippen LogP contribution is -2.47. The van der Waals surface area contributed by atoms with Crippen molar-refractivity contribution in [2.45, 2.75) is 85.4 Å². The molecule has 124 valence electrons. The predicted molar refractivity (Wildman–Crippen MR) is 87.4 cm³/mol. The van der Waals surface area contributed by atoms with Gasteiger partial charge in [0.25, 0.3) is 0 Å². The zero-order valence-corrected chi connectivity index (χ0v) is 14.9. The molecule has 4 heteroatoms. The normalized spacial score (nSPS) is 27.0. The molecule has 0 aliphatic heterocycles. The first-order valence-corrected chi connectivity index (χ1v) is 8.20. The zero-order valence-electron chi connectivity index (χ0n) is 14.9. The molecule has 0 heterocycles. The molecule has 1 fully saturated rings. The minimum Gasteiger partial charge on any atom is -0.444 e. The van der Waals surface area contributed by atoms with Crippen LogP contribution in [0.2, 0.25) is 0 Å². The van der Waals surface area contributed by atoms with E-state index in [1.807, 2.05) is 27.7 Å². The third kappa shape index (κ3) is 7.70. The summed E-state index contributed by atoms with van der Waals surface area (Å²) in [5.41, 5.74) is -0.0305. The zero-order chi connectivity index (χ0) is 16.3. The van der Waals surface area contributed by atoms with E-state index in [4.69, 9.17) is 4.74 Å². The number of carbonyl (C=O) groups excluding carboxylic acids is 1. The minimum absolute atomic E-state index is 0.0696. The monoisotopic (exact) mass is 298 g/mol. The Hall–Kier alpha value is -0.770. The Bertz CT molecular complexity index is 347. The van der Waals surface area contributed by atoms with Gasteiger partial charge in [-0.3, -0.25) is 0 Å². The smallest absolute Gasteiger partial charge is 0.407 e. The van der Waals surface area contributed by atoms with Crippen molar-refractivity contribution in [3.05, 3.63) is 0 Å². The van der Waals surface area contributed by atoms with Crippen LogP contribution >= 0.6 is 0 Å². The van der Waals surface area contributed by atoms with Crippen LogP contribution in [0.3, 0.4) is 0 Å². The van der Waals surface area contributed by atoms with Crippen LogP contribution in [0.5, 0.6) is 0 Å². The molecule has 4 nitrogen and oxygen atoms in total. The van der Waals surface area contributed by atoms with E-state index in [0.717, 1.165) is 12.5 Å². The number of ether oxygens (including phenoxy) is 1. The van der Waals surface area contributed by atoms with E-state index < -0.39 is 5.60 Å². The van der Waals surface area contributed by atoms with Gasteiger partial charge in [0, 0.05) is 18.6 Å². The van der Waals surface area contributed by atoms with Gasteiger partial charge in [0.05, 0.1) is 0 Å². The van der Waals surface area contributed by atoms with E-state index in [-0.39, 0.29) is 12.1 Å². The van der Waals surface area contributed by atoms with E-state index >= 15 is 0 Å². The number of rotatable bonds is 4. The Kier molecular flexibility index (Phi) is 6.09. The van der Waals surface area contributed by atoms with E-state index in [1.165, 1.54) is 19.3 Å². The molecule has 0 aromatic carbocycles. The summed E-state index contributed by atoms with van der Waals surface area (Å²) in [5.74, 6) is 0.764. The van der Waals surface area contributed by atoms with Crippen molar-refractivity contribution >= 4 is 6.09 Å². The van der Waals surface area contributed by atoms with Crippen molar-refractivity contribution in [1.82, 2.24) is 10.6 Å². The molecule has 1 aliphatic carbocycles. The van der Waals surface area contributed by atoms with Crippen molar-refractivity contribution in [2.24, 2.45) is 11.3 Å². The molecule has 1 aliphatic rings. The third-order valence-electron chi connectivity index (χ3n) is 3.86. The first-order chi connectivity index (χ1) is 9.47. The van der Waals surface area contributed by atoms with Crippen LogP contribution in [0, 0.1) is 11.3 Å². The summed E-state index contributed by atoms with van der Waals surface area (Å²) in [5, 5.41) is 6.49. The molecule has 0 bridgehead atoms. The quantitative estimate of drug-likeness (QED) is 0.832. The Labute approximate surface area is 130 Å². The van der Waals surface area contributed by atoms with Gasteiger partial charge < -0.3 is 15.4 Å². The molecule has 0 saturated heterocycles. The van der Waals surface area contributed by atoms with Crippen molar-refractivity contribution in [3.8, 4) is 0 Å². The van der Waals surface area contributed by atoms with Crippen molar-refractivity contribution in [3.63, 3.8) is 0 Å². The van der Waals surface area contributed by atoms with Gasteiger partial charge in [0.1, 0.15) is 5.60 Å². The maximum Gasteiger partial charge on any atom is 0.407 e. The lowest BCUT2D eigenvalue weighted by atomic mass is 9.70. The Balaban J connectivity index is 2.32. The fourth-order valence-electron chi connectivity index (χ4n) is 3.40. The molecule has 0 spiro atoms. The summed E-state index contributed by atoms with van der Waals surface area (Å²) in [4.78, 5) is 11.7. The maximum absolute atomic E-state index is 11.7. The van der Waals surface area contributed by atoms with Gasteiger partial charge in [-0.2, -0.15) is 0 Å². The van der Waals surface area contributed by atoms with E-state index in [2.05, 4.69) is 31.4 Å². The van der Waals surface area contributed by atoms with Crippen LogP contribution < -0.4 is 10.6 Å². The van der Waals surface area contributed by atoms with Crippen LogP contribution in [0.15, 0.2) is 0 Å². The first kappa shape index (κ1) is 18.3. The summed E-state index contributed by atoms with van der Waals surface area (Å²) in [6.45, 7) is 15.4. The second kappa shape index (κ2) is 6.99. The van der Waals surface area contributed by atoms with E-state index in [1.54, 1.807) is 0 Å². The standard InChI is InChI=1S/C17H34N2O2/c1-12-8-14(10-17(6,7)9-12)18-11-13(2)19-15(20)21-16(3,4)5/h12-14,18H,8-11H2,1-7H3,(H,19,20). The molecule has 3 unspecified atom stereocenters. The highest BCUT2D eigenvalue weighted by molar-refractivity contribution is 5.68. The number of hydrogen-bond donors (Lipinski definition) is 2. The van der Waals surface area contributed by atoms with Crippen LogP contribution in [0.25, 0.3) is 0 Å². The number of alkyl carbamates (subject to hydrolysis) is 1. The minimum atomic E-state index is -0.444. The molecule has 0 radical (unpaired) electrons. The highest BCUT2D eigenvalue weighted by atomic mass is 16.6. The lowest BCUT2D eigenvalue weighted by molar-refractivity contribution is 0.0505. The third-order valence-corrected chi connectivity index (χ3v) is 3.86. The molecule has 0 aromatic heterocycles. The summed E-state index contributed by atoms with van der Waals surface area (Å²) in [7, 11) is 0. The summed E-state index contributed by atoms with van der Waals surface area (Å²) >= 11 is 0. The van der Waals surface area contributed by atoms with E-state index in [9.17, 15) is 4.79 Å². The number of carbonyl (C=O) groups is 1. The second-order valence-corrected chi connectivity index (χ2v) is 8.57. The van der Waals surface area contributed by atoms with Gasteiger partial charge in [-0.15, -0.1) is 0 Å². The van der Waals surface area contributed by atoms with Gasteiger partial charge in [-0.05, 0) is 58.3 Å². The molecule has 0 aromatic rings. The topological polar surface area (TPSA) is 50.4 Å². The molecule has 1 rings (SSSR count). The van der Waals surface area contributed by atoms with Crippen LogP contribution in [0.1, 0.15) is 67.7 Å². The molecule has 1 saturated carbocycles. The maximum atomic E-state index is 11.7. The fourth-order valence-corrected chi connectivity index (χ4v) is 3.40. The SMILES string of the molecule is CC1CC(NCC(C)NC(=O)OC(C)(C)C)CC(C)(C)C1. The van der Waals surface area contributed by atoms with Crippen molar-refractivity contribution in [1.29, 1.82) is 0 Å². The van der Waals surface area contributed by atoms with Crippen LogP contribution in [0.4, 0.5) is 4.79 Å². The van der Waals surface area contributed by atoms with E-state index in [0.29, 0.717) is 11.5 Å². The fraction of sp³-hybridized carbons (Fsp3) is 0.941. The molecule has 2 N–H and O–H groups in total. The highest BCUT2D eigenvalue weighted by Gasteiger charge is 2.31. The Morgan fingerprint density at radius 2 is 1.95 bits per heavy atom. The molecule has 1 amide bonds. The number of amides is 1. The summed E-state index contributed by atoms with van der Waals surface area (Å²) in [6.07, 6.45) is 3.39. The van der Waals surface area contributed by atoms with Gasteiger partial charge in [-0.1, -0.05) is 20.8 Å². The predicted octanol–water partition coefficient (Wildman–Crippen LogP) is 3.70. The van der Waals surface area contributed by atoms with Gasteiger partial charge in [0.15, 0.2) is 0 Å². The van der Waals surface area contributed by atoms with Gasteiger partial charge in [-0.25, -0.2) is 4.79 Å². The lowest BCUT2D eigenvalue weighted by Gasteiger charge is -2.39. The van der Waals surface area contributed by atoms with Crippen molar-refractivity contribution < 1.29 is 9.53 Å². The second-order valence-electron chi connectivity index (χ2n) is 8.57. The molecular formula is C17H34N2O2. The van der Waals surface area contributed by atoms with Gasteiger partial charge >= 0.3 is 6.09 Å². The van der Waals surface area contributed by atoms with Crippen LogP contribution in [-0.2, 0) is 4.74 Å².